The summed E-state index contributed by atoms with van der Waals surface area (Å²) in [5.74, 6) is -0.133. The van der Waals surface area contributed by atoms with Crippen molar-refractivity contribution in [1.29, 1.82) is 0 Å². The number of fused-ring (bicyclic) bond motifs is 1. The molecule has 0 unspecified atom stereocenters. The minimum absolute atomic E-state index is 0.109. The van der Waals surface area contributed by atoms with Gasteiger partial charge in [0.15, 0.2) is 5.16 Å². The van der Waals surface area contributed by atoms with E-state index >= 15 is 0 Å². The van der Waals surface area contributed by atoms with Gasteiger partial charge in [-0.2, -0.15) is 0 Å². The monoisotopic (exact) mass is 368 g/mol. The largest absolute Gasteiger partial charge is 0.465 e. The van der Waals surface area contributed by atoms with E-state index in [0.29, 0.717) is 32.4 Å². The Morgan fingerprint density at radius 1 is 1.54 bits per heavy atom. The molecule has 1 aromatic heterocycles. The van der Waals surface area contributed by atoms with Crippen LogP contribution in [0.2, 0.25) is 0 Å². The fourth-order valence-electron chi connectivity index (χ4n) is 2.12. The molecule has 0 bridgehead atoms. The number of nitrogens with zero attached hydrogens (tertiary/aromatic N) is 2. The maximum atomic E-state index is 12.7. The number of aliphatic hydroxyl groups excluding tert-OH is 1. The predicted molar refractivity (Wildman–Crippen MR) is 94.7 cm³/mol. The average Bonchev–Trinajstić information content (AvgIpc) is 2.54. The van der Waals surface area contributed by atoms with Gasteiger partial charge in [-0.3, -0.25) is 9.36 Å². The van der Waals surface area contributed by atoms with E-state index in [9.17, 15) is 14.7 Å². The Morgan fingerprint density at radius 2 is 2.25 bits per heavy atom. The summed E-state index contributed by atoms with van der Waals surface area (Å²) < 4.78 is 6.08. The third-order valence-electron chi connectivity index (χ3n) is 3.15. The molecular weight excluding hydrogens is 352 g/mol. The Labute approximate surface area is 148 Å². The summed E-state index contributed by atoms with van der Waals surface area (Å²) in [6.07, 6.45) is -0.713. The van der Waals surface area contributed by atoms with Gasteiger partial charge in [-0.25, -0.2) is 9.78 Å². The van der Waals surface area contributed by atoms with E-state index in [1.165, 1.54) is 41.6 Å². The third kappa shape index (κ3) is 4.17. The van der Waals surface area contributed by atoms with Crippen molar-refractivity contribution >= 4 is 40.2 Å². The van der Waals surface area contributed by atoms with Crippen LogP contribution in [0.1, 0.15) is 17.3 Å². The molecule has 0 amide bonds. The first-order valence-electron chi connectivity index (χ1n) is 7.10. The first-order valence-corrected chi connectivity index (χ1v) is 8.47. The molecule has 0 aliphatic heterocycles. The normalized spacial score (nSPS) is 12.2. The van der Waals surface area contributed by atoms with Crippen LogP contribution in [0, 0.1) is 0 Å². The van der Waals surface area contributed by atoms with Crippen LogP contribution >= 0.6 is 23.4 Å². The van der Waals surface area contributed by atoms with E-state index in [4.69, 9.17) is 11.6 Å². The molecule has 1 N–H and O–H groups in total. The van der Waals surface area contributed by atoms with Crippen LogP contribution in [0.25, 0.3) is 10.9 Å². The number of thioether (sulfide) groups is 1. The lowest BCUT2D eigenvalue weighted by Crippen LogP contribution is -2.28. The van der Waals surface area contributed by atoms with Crippen molar-refractivity contribution in [3.05, 3.63) is 45.7 Å². The quantitative estimate of drug-likeness (QED) is 0.479. The van der Waals surface area contributed by atoms with Gasteiger partial charge in [-0.05, 0) is 25.1 Å². The van der Waals surface area contributed by atoms with Gasteiger partial charge in [0, 0.05) is 10.8 Å². The molecule has 0 saturated heterocycles. The number of aromatic nitrogens is 2. The smallest absolute Gasteiger partial charge is 0.337 e. The highest BCUT2D eigenvalue weighted by atomic mass is 35.5. The molecule has 1 aromatic carbocycles. The van der Waals surface area contributed by atoms with E-state index in [1.54, 1.807) is 6.92 Å². The molecule has 6 nitrogen and oxygen atoms in total. The van der Waals surface area contributed by atoms with Crippen LogP contribution in [0.3, 0.4) is 0 Å². The molecule has 2 rings (SSSR count). The standard InChI is InChI=1S/C16H17ClN2O4S/c1-9(17)8-24-16-18-13-6-11(15(22)23-3)4-5-12(13)14(21)19(16)7-10(2)20/h4-6,10,20H,1,7-8H2,2-3H3/t10-/m0/s1. The molecule has 0 saturated carbocycles. The summed E-state index contributed by atoms with van der Waals surface area (Å²) in [5, 5.41) is 10.8. The van der Waals surface area contributed by atoms with E-state index in [0.717, 1.165) is 0 Å². The molecule has 0 aliphatic carbocycles. The minimum atomic E-state index is -0.713. The third-order valence-corrected chi connectivity index (χ3v) is 4.50. The maximum absolute atomic E-state index is 12.7. The first-order chi connectivity index (χ1) is 11.3. The Morgan fingerprint density at radius 3 is 2.83 bits per heavy atom. The molecular formula is C16H17ClN2O4S. The van der Waals surface area contributed by atoms with Crippen molar-refractivity contribution in [2.45, 2.75) is 24.7 Å². The van der Waals surface area contributed by atoms with Gasteiger partial charge in [-0.15, -0.1) is 0 Å². The summed E-state index contributed by atoms with van der Waals surface area (Å²) in [4.78, 5) is 28.8. The van der Waals surface area contributed by atoms with Gasteiger partial charge >= 0.3 is 5.97 Å². The number of aliphatic hydroxyl groups is 1. The molecule has 0 radical (unpaired) electrons. The molecule has 24 heavy (non-hydrogen) atoms. The number of benzene rings is 1. The van der Waals surface area contributed by atoms with Gasteiger partial charge < -0.3 is 9.84 Å². The topological polar surface area (TPSA) is 81.4 Å². The van der Waals surface area contributed by atoms with Crippen LogP contribution in [-0.4, -0.2) is 39.6 Å². The van der Waals surface area contributed by atoms with E-state index in [2.05, 4.69) is 16.3 Å². The number of carbonyl (C=O) groups is 1. The Balaban J connectivity index is 2.62. The number of esters is 1. The van der Waals surface area contributed by atoms with E-state index < -0.39 is 12.1 Å². The second-order valence-electron chi connectivity index (χ2n) is 5.19. The molecule has 1 heterocycles. The van der Waals surface area contributed by atoms with Gasteiger partial charge in [0.1, 0.15) is 0 Å². The summed E-state index contributed by atoms with van der Waals surface area (Å²) in [7, 11) is 1.29. The predicted octanol–water partition coefficient (Wildman–Crippen LogP) is 2.41. The Bertz CT molecular complexity index is 848. The van der Waals surface area contributed by atoms with Gasteiger partial charge in [0.2, 0.25) is 0 Å². The minimum Gasteiger partial charge on any atom is -0.465 e. The first kappa shape index (κ1) is 18.5. The number of hydrogen-bond donors (Lipinski definition) is 1. The molecule has 0 aliphatic rings. The maximum Gasteiger partial charge on any atom is 0.337 e. The molecule has 2 aromatic rings. The van der Waals surface area contributed by atoms with Crippen LogP contribution in [-0.2, 0) is 11.3 Å². The summed E-state index contributed by atoms with van der Waals surface area (Å²) in [6, 6.07) is 4.55. The lowest BCUT2D eigenvalue weighted by atomic mass is 10.1. The lowest BCUT2D eigenvalue weighted by molar-refractivity contribution is 0.0601. The SMILES string of the molecule is C=C(Cl)CSc1nc2cc(C(=O)OC)ccc2c(=O)n1C[C@H](C)O. The highest BCUT2D eigenvalue weighted by Crippen LogP contribution is 2.22. The lowest BCUT2D eigenvalue weighted by Gasteiger charge is -2.14. The molecule has 0 fully saturated rings. The fourth-order valence-corrected chi connectivity index (χ4v) is 3.05. The number of ether oxygens (including phenoxy) is 1. The number of carbonyl (C=O) groups excluding carboxylic acids is 1. The fraction of sp³-hybridized carbons (Fsp3) is 0.312. The van der Waals surface area contributed by atoms with Crippen molar-refractivity contribution in [1.82, 2.24) is 9.55 Å². The highest BCUT2D eigenvalue weighted by Gasteiger charge is 2.15. The van der Waals surface area contributed by atoms with Crippen molar-refractivity contribution < 1.29 is 14.6 Å². The molecule has 128 valence electrons. The highest BCUT2D eigenvalue weighted by molar-refractivity contribution is 7.99. The van der Waals surface area contributed by atoms with Crippen LogP contribution < -0.4 is 5.56 Å². The summed E-state index contributed by atoms with van der Waals surface area (Å²) in [6.45, 7) is 5.31. The second kappa shape index (κ2) is 7.83. The van der Waals surface area contributed by atoms with Crippen molar-refractivity contribution in [2.24, 2.45) is 0 Å². The van der Waals surface area contributed by atoms with E-state index in [1.807, 2.05) is 0 Å². The Hall–Kier alpha value is -1.83. The number of hydrogen-bond acceptors (Lipinski definition) is 6. The van der Waals surface area contributed by atoms with E-state index in [-0.39, 0.29) is 12.1 Å². The summed E-state index contributed by atoms with van der Waals surface area (Å²) >= 11 is 7.03. The van der Waals surface area contributed by atoms with Crippen LogP contribution in [0.15, 0.2) is 39.8 Å². The zero-order chi connectivity index (χ0) is 17.9. The van der Waals surface area contributed by atoms with Crippen LogP contribution in [0.4, 0.5) is 0 Å². The van der Waals surface area contributed by atoms with Gasteiger partial charge in [0.25, 0.3) is 5.56 Å². The van der Waals surface area contributed by atoms with Crippen molar-refractivity contribution in [2.75, 3.05) is 12.9 Å². The second-order valence-corrected chi connectivity index (χ2v) is 6.67. The molecule has 0 spiro atoms. The number of methoxy groups -OCH3 is 1. The summed E-state index contributed by atoms with van der Waals surface area (Å²) in [5.41, 5.74) is 0.398. The number of rotatable bonds is 6. The molecule has 8 heteroatoms. The molecule has 1 atom stereocenters. The van der Waals surface area contributed by atoms with Crippen molar-refractivity contribution in [3.63, 3.8) is 0 Å². The Kier molecular flexibility index (Phi) is 6.04. The van der Waals surface area contributed by atoms with Gasteiger partial charge in [0.05, 0.1) is 36.2 Å². The van der Waals surface area contributed by atoms with Gasteiger partial charge in [-0.1, -0.05) is 29.9 Å². The van der Waals surface area contributed by atoms with Crippen molar-refractivity contribution in [3.8, 4) is 0 Å². The van der Waals surface area contributed by atoms with Crippen LogP contribution in [0.5, 0.6) is 0 Å². The number of halogens is 1. The zero-order valence-electron chi connectivity index (χ0n) is 13.3. The zero-order valence-corrected chi connectivity index (χ0v) is 14.9. The average molecular weight is 369 g/mol.